The molecule has 7 nitrogen and oxygen atoms in total. The van der Waals surface area contributed by atoms with Crippen molar-refractivity contribution in [3.8, 4) is 11.7 Å². The van der Waals surface area contributed by atoms with E-state index in [0.29, 0.717) is 11.3 Å². The van der Waals surface area contributed by atoms with Gasteiger partial charge in [0, 0.05) is 11.6 Å². The molecule has 0 unspecified atom stereocenters. The van der Waals surface area contributed by atoms with E-state index in [0.717, 1.165) is 12.8 Å². The summed E-state index contributed by atoms with van der Waals surface area (Å²) in [5, 5.41) is 13.8. The number of carbonyl (C=O) groups excluding carboxylic acids is 1. The summed E-state index contributed by atoms with van der Waals surface area (Å²) in [5.41, 5.74) is 3.17. The fourth-order valence-electron chi connectivity index (χ4n) is 2.74. The Hall–Kier alpha value is -2.96. The maximum Gasteiger partial charge on any atom is 0.322 e. The number of hydrogen-bond acceptors (Lipinski definition) is 6. The van der Waals surface area contributed by atoms with Crippen LogP contribution in [0.15, 0.2) is 39.4 Å². The van der Waals surface area contributed by atoms with Gasteiger partial charge in [-0.2, -0.15) is 0 Å². The molecule has 116 valence electrons. The zero-order valence-electron chi connectivity index (χ0n) is 12.3. The van der Waals surface area contributed by atoms with E-state index < -0.39 is 0 Å². The summed E-state index contributed by atoms with van der Waals surface area (Å²) in [6.45, 7) is 0. The van der Waals surface area contributed by atoms with Crippen molar-refractivity contribution in [3.05, 3.63) is 47.2 Å². The highest BCUT2D eigenvalue weighted by Crippen LogP contribution is 2.23. The molecule has 4 rings (SSSR count). The molecule has 0 spiro atoms. The van der Waals surface area contributed by atoms with Crippen LogP contribution in [0.4, 0.5) is 6.01 Å². The van der Waals surface area contributed by atoms with Crippen molar-refractivity contribution in [2.24, 2.45) is 0 Å². The summed E-state index contributed by atoms with van der Waals surface area (Å²) in [6, 6.07) is 7.42. The van der Waals surface area contributed by atoms with Crippen molar-refractivity contribution in [3.63, 3.8) is 0 Å². The van der Waals surface area contributed by atoms with E-state index in [1.807, 2.05) is 18.2 Å². The topological polar surface area (TPSA) is 94.1 Å². The van der Waals surface area contributed by atoms with Gasteiger partial charge in [-0.3, -0.25) is 10.1 Å². The number of fused-ring (bicyclic) bond motifs is 1. The minimum atomic E-state index is -0.272. The second kappa shape index (κ2) is 5.68. The molecule has 0 bridgehead atoms. The molecule has 2 heterocycles. The van der Waals surface area contributed by atoms with E-state index in [2.05, 4.69) is 20.7 Å². The van der Waals surface area contributed by atoms with Gasteiger partial charge in [-0.15, -0.1) is 5.10 Å². The quantitative estimate of drug-likeness (QED) is 0.799. The molecular weight excluding hydrogens is 296 g/mol. The largest absolute Gasteiger partial charge is 0.400 e. The van der Waals surface area contributed by atoms with E-state index in [-0.39, 0.29) is 17.8 Å². The van der Waals surface area contributed by atoms with Gasteiger partial charge in [-0.25, -0.2) is 0 Å². The van der Waals surface area contributed by atoms with E-state index >= 15 is 0 Å². The van der Waals surface area contributed by atoms with Crippen LogP contribution < -0.4 is 5.32 Å². The number of rotatable bonds is 3. The number of nitrogens with one attached hydrogen (secondary N) is 1. The Labute approximate surface area is 131 Å². The summed E-state index contributed by atoms with van der Waals surface area (Å²) in [6.07, 6.45) is 5.96. The summed E-state index contributed by atoms with van der Waals surface area (Å²) < 4.78 is 10.3. The Morgan fingerprint density at radius 2 is 1.96 bits per heavy atom. The molecule has 1 N–H and O–H groups in total. The van der Waals surface area contributed by atoms with Gasteiger partial charge in [0.15, 0.2) is 0 Å². The van der Waals surface area contributed by atoms with Crippen LogP contribution in [-0.4, -0.2) is 21.3 Å². The molecule has 3 aromatic rings. The first kappa shape index (κ1) is 13.7. The van der Waals surface area contributed by atoms with Crippen molar-refractivity contribution >= 4 is 11.9 Å². The molecule has 23 heavy (non-hydrogen) atoms. The number of carbonyl (C=O) groups is 1. The molecule has 1 amide bonds. The Bertz CT molecular complexity index is 839. The van der Waals surface area contributed by atoms with Crippen LogP contribution in [0.2, 0.25) is 0 Å². The SMILES string of the molecule is O=C(Nc1nnc(-c2ccno2)o1)c1ccc2c(c1)CCCC2. The Morgan fingerprint density at radius 3 is 2.78 bits per heavy atom. The molecule has 1 aliphatic carbocycles. The van der Waals surface area contributed by atoms with Gasteiger partial charge in [0.2, 0.25) is 5.76 Å². The lowest BCUT2D eigenvalue weighted by molar-refractivity contribution is 0.102. The van der Waals surface area contributed by atoms with Crippen molar-refractivity contribution in [2.75, 3.05) is 5.32 Å². The highest BCUT2D eigenvalue weighted by atomic mass is 16.5. The maximum absolute atomic E-state index is 12.3. The average molecular weight is 310 g/mol. The molecule has 1 aromatic carbocycles. The van der Waals surface area contributed by atoms with Crippen LogP contribution in [0.25, 0.3) is 11.7 Å². The zero-order valence-corrected chi connectivity index (χ0v) is 12.3. The first-order valence-corrected chi connectivity index (χ1v) is 7.47. The van der Waals surface area contributed by atoms with Crippen molar-refractivity contribution in [1.82, 2.24) is 15.4 Å². The Balaban J connectivity index is 1.52. The van der Waals surface area contributed by atoms with Gasteiger partial charge in [0.05, 0.1) is 6.20 Å². The van der Waals surface area contributed by atoms with Crippen molar-refractivity contribution < 1.29 is 13.7 Å². The third kappa shape index (κ3) is 2.73. The molecule has 1 aliphatic rings. The lowest BCUT2D eigenvalue weighted by Gasteiger charge is -2.16. The minimum absolute atomic E-state index is 0.0270. The zero-order chi connectivity index (χ0) is 15.6. The summed E-state index contributed by atoms with van der Waals surface area (Å²) >= 11 is 0. The highest BCUT2D eigenvalue weighted by Gasteiger charge is 2.16. The predicted molar refractivity (Wildman–Crippen MR) is 80.8 cm³/mol. The monoisotopic (exact) mass is 310 g/mol. The van der Waals surface area contributed by atoms with E-state index in [4.69, 9.17) is 8.94 Å². The normalized spacial score (nSPS) is 13.6. The van der Waals surface area contributed by atoms with Gasteiger partial charge >= 0.3 is 6.01 Å². The smallest absolute Gasteiger partial charge is 0.322 e. The molecule has 0 radical (unpaired) electrons. The number of anilines is 1. The molecule has 7 heteroatoms. The average Bonchev–Trinajstić information content (AvgIpc) is 3.25. The highest BCUT2D eigenvalue weighted by molar-refractivity contribution is 6.03. The summed E-state index contributed by atoms with van der Waals surface area (Å²) in [7, 11) is 0. The number of nitrogens with zero attached hydrogens (tertiary/aromatic N) is 3. The second-order valence-electron chi connectivity index (χ2n) is 5.43. The number of amides is 1. The van der Waals surface area contributed by atoms with E-state index in [9.17, 15) is 4.79 Å². The van der Waals surface area contributed by atoms with Crippen molar-refractivity contribution in [1.29, 1.82) is 0 Å². The number of aryl methyl sites for hydroxylation is 2. The van der Waals surface area contributed by atoms with Crippen LogP contribution in [0.1, 0.15) is 34.3 Å². The van der Waals surface area contributed by atoms with Gasteiger partial charge < -0.3 is 8.94 Å². The first-order valence-electron chi connectivity index (χ1n) is 7.47. The van der Waals surface area contributed by atoms with Gasteiger partial charge in [-0.1, -0.05) is 16.3 Å². The standard InChI is InChI=1S/C16H14N4O3/c21-14(12-6-5-10-3-1-2-4-11(10)9-12)18-16-20-19-15(22-16)13-7-8-17-23-13/h5-9H,1-4H2,(H,18,20,21). The van der Waals surface area contributed by atoms with Crippen LogP contribution in [0.5, 0.6) is 0 Å². The number of hydrogen-bond donors (Lipinski definition) is 1. The molecule has 0 saturated carbocycles. The van der Waals surface area contributed by atoms with Crippen LogP contribution >= 0.6 is 0 Å². The maximum atomic E-state index is 12.3. The van der Waals surface area contributed by atoms with Crippen LogP contribution in [-0.2, 0) is 12.8 Å². The van der Waals surface area contributed by atoms with Crippen LogP contribution in [0.3, 0.4) is 0 Å². The van der Waals surface area contributed by atoms with Gasteiger partial charge in [-0.05, 0) is 48.9 Å². The molecule has 0 atom stereocenters. The molecule has 2 aromatic heterocycles. The predicted octanol–water partition coefficient (Wildman–Crippen LogP) is 2.86. The fraction of sp³-hybridized carbons (Fsp3) is 0.250. The third-order valence-electron chi connectivity index (χ3n) is 3.90. The minimum Gasteiger partial charge on any atom is -0.400 e. The van der Waals surface area contributed by atoms with Gasteiger partial charge in [0.25, 0.3) is 11.8 Å². The third-order valence-corrected chi connectivity index (χ3v) is 3.90. The van der Waals surface area contributed by atoms with Crippen molar-refractivity contribution in [2.45, 2.75) is 25.7 Å². The lowest BCUT2D eigenvalue weighted by Crippen LogP contribution is -2.13. The fourth-order valence-corrected chi connectivity index (χ4v) is 2.74. The molecule has 0 aliphatic heterocycles. The molecular formula is C16H14N4O3. The lowest BCUT2D eigenvalue weighted by atomic mass is 9.90. The summed E-state index contributed by atoms with van der Waals surface area (Å²) in [4.78, 5) is 12.3. The van der Waals surface area contributed by atoms with E-state index in [1.54, 1.807) is 6.07 Å². The Kier molecular flexibility index (Phi) is 3.38. The number of aromatic nitrogens is 3. The van der Waals surface area contributed by atoms with E-state index in [1.165, 1.54) is 30.2 Å². The summed E-state index contributed by atoms with van der Waals surface area (Å²) in [5.74, 6) is 0.251. The van der Waals surface area contributed by atoms with Crippen LogP contribution in [0, 0.1) is 0 Å². The number of benzene rings is 1. The second-order valence-corrected chi connectivity index (χ2v) is 5.43. The van der Waals surface area contributed by atoms with Gasteiger partial charge in [0.1, 0.15) is 0 Å². The molecule has 0 saturated heterocycles. The Morgan fingerprint density at radius 1 is 1.09 bits per heavy atom. The first-order chi connectivity index (χ1) is 11.3. The molecule has 0 fully saturated rings.